The highest BCUT2D eigenvalue weighted by Crippen LogP contribution is 2.23. The maximum Gasteiger partial charge on any atom is 0.195 e. The number of imidazole rings is 2. The predicted molar refractivity (Wildman–Crippen MR) is 69.1 cm³/mol. The first-order chi connectivity index (χ1) is 8.35. The molecule has 0 radical (unpaired) electrons. The number of nitrogens with zero attached hydrogens (tertiary/aromatic N) is 4. The predicted octanol–water partition coefficient (Wildman–Crippen LogP) is 2.88. The van der Waals surface area contributed by atoms with Crippen LogP contribution in [-0.2, 0) is 12.3 Å². The van der Waals surface area contributed by atoms with Gasteiger partial charge in [-0.2, -0.15) is 0 Å². The minimum Gasteiger partial charge on any atom is -0.291 e. The Morgan fingerprint density at radius 2 is 2.29 bits per heavy atom. The maximum absolute atomic E-state index is 6.03. The molecule has 0 aromatic carbocycles. The Balaban J connectivity index is 2.26. The third-order valence-corrected chi connectivity index (χ3v) is 3.74. The van der Waals surface area contributed by atoms with Crippen molar-refractivity contribution in [2.24, 2.45) is 0 Å². The van der Waals surface area contributed by atoms with Crippen molar-refractivity contribution in [2.45, 2.75) is 19.2 Å². The van der Waals surface area contributed by atoms with Crippen molar-refractivity contribution in [3.8, 4) is 5.82 Å². The molecule has 3 aromatic rings. The monoisotopic (exact) mass is 266 g/mol. The number of hydrogen-bond acceptors (Lipinski definition) is 3. The number of hydrogen-bond donors (Lipinski definition) is 0. The third-order valence-electron chi connectivity index (χ3n) is 2.73. The zero-order valence-electron chi connectivity index (χ0n) is 9.30. The average molecular weight is 267 g/mol. The van der Waals surface area contributed by atoms with Crippen LogP contribution in [0, 0.1) is 0 Å². The molecule has 0 aliphatic heterocycles. The van der Waals surface area contributed by atoms with E-state index in [1.165, 1.54) is 0 Å². The summed E-state index contributed by atoms with van der Waals surface area (Å²) in [6.45, 7) is 2.08. The zero-order valence-corrected chi connectivity index (χ0v) is 10.9. The molecule has 0 fully saturated rings. The Morgan fingerprint density at radius 1 is 1.41 bits per heavy atom. The van der Waals surface area contributed by atoms with Gasteiger partial charge < -0.3 is 0 Å². The van der Waals surface area contributed by atoms with E-state index in [1.807, 2.05) is 26.7 Å². The van der Waals surface area contributed by atoms with Crippen molar-refractivity contribution in [3.63, 3.8) is 0 Å². The van der Waals surface area contributed by atoms with Gasteiger partial charge in [-0.3, -0.25) is 8.97 Å². The lowest BCUT2D eigenvalue weighted by atomic mass is 10.4. The molecule has 0 saturated heterocycles. The first-order valence-electron chi connectivity index (χ1n) is 5.38. The topological polar surface area (TPSA) is 35.1 Å². The molecule has 0 N–H and O–H groups in total. The summed E-state index contributed by atoms with van der Waals surface area (Å²) < 4.78 is 4.05. The van der Waals surface area contributed by atoms with Gasteiger partial charge in [0, 0.05) is 30.4 Å². The van der Waals surface area contributed by atoms with E-state index < -0.39 is 0 Å². The molecule has 0 atom stereocenters. The van der Waals surface area contributed by atoms with Gasteiger partial charge in [0.1, 0.15) is 5.82 Å². The normalized spacial score (nSPS) is 11.4. The summed E-state index contributed by atoms with van der Waals surface area (Å²) in [5, 5.41) is 2.01. The van der Waals surface area contributed by atoms with E-state index in [4.69, 9.17) is 11.6 Å². The van der Waals surface area contributed by atoms with E-state index in [0.29, 0.717) is 5.88 Å². The number of fused-ring (bicyclic) bond motifs is 1. The fourth-order valence-corrected chi connectivity index (χ4v) is 2.90. The first-order valence-corrected chi connectivity index (χ1v) is 6.79. The largest absolute Gasteiger partial charge is 0.291 e. The fraction of sp³-hybridized carbons (Fsp3) is 0.273. The van der Waals surface area contributed by atoms with Gasteiger partial charge in [-0.05, 0) is 0 Å². The van der Waals surface area contributed by atoms with Crippen LogP contribution in [0.15, 0.2) is 24.0 Å². The lowest BCUT2D eigenvalue weighted by molar-refractivity contribution is 0.864. The van der Waals surface area contributed by atoms with E-state index in [2.05, 4.69) is 16.9 Å². The van der Waals surface area contributed by atoms with Crippen LogP contribution >= 0.6 is 22.9 Å². The molecule has 0 bridgehead atoms. The average Bonchev–Trinajstić information content (AvgIpc) is 3.02. The molecule has 4 nitrogen and oxygen atoms in total. The quantitative estimate of drug-likeness (QED) is 0.684. The highest BCUT2D eigenvalue weighted by atomic mass is 35.5. The van der Waals surface area contributed by atoms with Gasteiger partial charge in [0.2, 0.25) is 0 Å². The summed E-state index contributed by atoms with van der Waals surface area (Å²) in [7, 11) is 0. The van der Waals surface area contributed by atoms with Crippen LogP contribution in [0.1, 0.15) is 18.4 Å². The molecule has 0 amide bonds. The summed E-state index contributed by atoms with van der Waals surface area (Å²) in [6.07, 6.45) is 6.60. The lowest BCUT2D eigenvalue weighted by Crippen LogP contribution is -2.02. The molecule has 0 saturated carbocycles. The smallest absolute Gasteiger partial charge is 0.195 e. The molecule has 6 heteroatoms. The number of aromatic nitrogens is 4. The third kappa shape index (κ3) is 1.57. The van der Waals surface area contributed by atoms with Crippen molar-refractivity contribution < 1.29 is 0 Å². The summed E-state index contributed by atoms with van der Waals surface area (Å²) in [4.78, 5) is 9.89. The molecule has 0 aliphatic rings. The molecule has 0 aliphatic carbocycles. The van der Waals surface area contributed by atoms with E-state index in [1.54, 1.807) is 17.5 Å². The van der Waals surface area contributed by atoms with Crippen LogP contribution < -0.4 is 0 Å². The SMILES string of the molecule is CCc1nccn1-c1nc2sccn2c1CCl. The Hall–Kier alpha value is -1.33. The second-order valence-electron chi connectivity index (χ2n) is 3.64. The summed E-state index contributed by atoms with van der Waals surface area (Å²) >= 11 is 7.64. The number of aryl methyl sites for hydroxylation is 1. The molecule has 3 heterocycles. The molecule has 0 unspecified atom stereocenters. The number of alkyl halides is 1. The highest BCUT2D eigenvalue weighted by Gasteiger charge is 2.15. The van der Waals surface area contributed by atoms with Gasteiger partial charge >= 0.3 is 0 Å². The van der Waals surface area contributed by atoms with Crippen LogP contribution in [0.2, 0.25) is 0 Å². The van der Waals surface area contributed by atoms with Crippen LogP contribution in [-0.4, -0.2) is 18.9 Å². The number of halogens is 1. The first kappa shape index (κ1) is 10.8. The zero-order chi connectivity index (χ0) is 11.8. The van der Waals surface area contributed by atoms with E-state index in [0.717, 1.165) is 28.7 Å². The Bertz CT molecular complexity index is 651. The van der Waals surface area contributed by atoms with Crippen molar-refractivity contribution in [3.05, 3.63) is 35.5 Å². The summed E-state index contributed by atoms with van der Waals surface area (Å²) in [6, 6.07) is 0. The van der Waals surface area contributed by atoms with E-state index >= 15 is 0 Å². The molecule has 0 spiro atoms. The van der Waals surface area contributed by atoms with Gasteiger partial charge in [0.25, 0.3) is 0 Å². The summed E-state index contributed by atoms with van der Waals surface area (Å²) in [5.74, 6) is 2.33. The van der Waals surface area contributed by atoms with Crippen molar-refractivity contribution in [2.75, 3.05) is 0 Å². The number of rotatable bonds is 3. The molecular formula is C11H11ClN4S. The second kappa shape index (κ2) is 4.16. The van der Waals surface area contributed by atoms with Gasteiger partial charge in [0.05, 0.1) is 11.6 Å². The van der Waals surface area contributed by atoms with Gasteiger partial charge in [-0.15, -0.1) is 22.9 Å². The van der Waals surface area contributed by atoms with E-state index in [9.17, 15) is 0 Å². The van der Waals surface area contributed by atoms with Gasteiger partial charge in [0.15, 0.2) is 10.8 Å². The van der Waals surface area contributed by atoms with Crippen LogP contribution in [0.5, 0.6) is 0 Å². The molecule has 3 aromatic heterocycles. The Kier molecular flexibility index (Phi) is 2.64. The molecule has 3 rings (SSSR count). The van der Waals surface area contributed by atoms with Crippen molar-refractivity contribution >= 4 is 27.9 Å². The van der Waals surface area contributed by atoms with Crippen LogP contribution in [0.4, 0.5) is 0 Å². The second-order valence-corrected chi connectivity index (χ2v) is 4.78. The molecule has 88 valence electrons. The molecule has 17 heavy (non-hydrogen) atoms. The highest BCUT2D eigenvalue weighted by molar-refractivity contribution is 7.15. The Morgan fingerprint density at radius 3 is 3.06 bits per heavy atom. The van der Waals surface area contributed by atoms with Gasteiger partial charge in [-0.1, -0.05) is 6.92 Å². The van der Waals surface area contributed by atoms with E-state index in [-0.39, 0.29) is 0 Å². The molecular weight excluding hydrogens is 256 g/mol. The lowest BCUT2D eigenvalue weighted by Gasteiger charge is -2.04. The van der Waals surface area contributed by atoms with Crippen molar-refractivity contribution in [1.29, 1.82) is 0 Å². The van der Waals surface area contributed by atoms with Crippen LogP contribution in [0.3, 0.4) is 0 Å². The van der Waals surface area contributed by atoms with Crippen molar-refractivity contribution in [1.82, 2.24) is 18.9 Å². The maximum atomic E-state index is 6.03. The fourth-order valence-electron chi connectivity index (χ4n) is 1.93. The standard InChI is InChI=1S/C11H11ClN4S/c1-2-9-13-3-4-16(9)10-8(7-12)15-5-6-17-11(15)14-10/h3-6H,2,7H2,1H3. The van der Waals surface area contributed by atoms with Gasteiger partial charge in [-0.25, -0.2) is 9.97 Å². The Labute approximate surface area is 108 Å². The minimum atomic E-state index is 0.439. The van der Waals surface area contributed by atoms with Crippen LogP contribution in [0.25, 0.3) is 10.8 Å². The number of thiazole rings is 1. The summed E-state index contributed by atoms with van der Waals surface area (Å²) in [5.41, 5.74) is 1.01. The minimum absolute atomic E-state index is 0.439.